The molecule has 1 aromatic rings. The van der Waals surface area contributed by atoms with Gasteiger partial charge in [-0.15, -0.1) is 5.10 Å². The summed E-state index contributed by atoms with van der Waals surface area (Å²) < 4.78 is 1.80. The summed E-state index contributed by atoms with van der Waals surface area (Å²) in [6, 6.07) is 0.150. The molecule has 0 aliphatic heterocycles. The van der Waals surface area contributed by atoms with Crippen LogP contribution >= 0.6 is 0 Å². The maximum atomic E-state index is 12.8. The predicted molar refractivity (Wildman–Crippen MR) is 107 cm³/mol. The predicted octanol–water partition coefficient (Wildman–Crippen LogP) is 2.78. The molecular weight excluding hydrogens is 372 g/mol. The van der Waals surface area contributed by atoms with Gasteiger partial charge < -0.3 is 15.5 Å². The smallest absolute Gasteiger partial charge is 0.329 e. The van der Waals surface area contributed by atoms with Crippen LogP contribution in [0, 0.1) is 11.8 Å². The zero-order chi connectivity index (χ0) is 21.2. The van der Waals surface area contributed by atoms with Crippen molar-refractivity contribution in [1.29, 1.82) is 0 Å². The van der Waals surface area contributed by atoms with Gasteiger partial charge in [0.25, 0.3) is 0 Å². The Balaban J connectivity index is 1.57. The zero-order valence-corrected chi connectivity index (χ0v) is 17.7. The quantitative estimate of drug-likeness (QED) is 0.669. The van der Waals surface area contributed by atoms with E-state index in [4.69, 9.17) is 0 Å². The Bertz CT molecular complexity index is 729. The van der Waals surface area contributed by atoms with Crippen LogP contribution in [-0.4, -0.2) is 42.6 Å². The fourth-order valence-corrected chi connectivity index (χ4v) is 4.47. The molecule has 1 atom stereocenters. The Morgan fingerprint density at radius 2 is 1.86 bits per heavy atom. The number of carbonyl (C=O) groups excluding carboxylic acids is 1. The summed E-state index contributed by atoms with van der Waals surface area (Å²) in [5.41, 5.74) is -1.53. The lowest BCUT2D eigenvalue weighted by atomic mass is 9.76. The Morgan fingerprint density at radius 3 is 2.41 bits per heavy atom. The Hall–Kier alpha value is -1.96. The summed E-state index contributed by atoms with van der Waals surface area (Å²) >= 11 is 0. The minimum atomic E-state index is -1.10. The lowest BCUT2D eigenvalue weighted by Crippen LogP contribution is -2.57. The van der Waals surface area contributed by atoms with Crippen molar-refractivity contribution >= 4 is 11.9 Å². The number of aliphatic carboxylic acids is 1. The Kier molecular flexibility index (Phi) is 6.31. The molecule has 1 unspecified atom stereocenters. The van der Waals surface area contributed by atoms with Gasteiger partial charge in [0.1, 0.15) is 16.8 Å². The van der Waals surface area contributed by atoms with E-state index >= 15 is 0 Å². The van der Waals surface area contributed by atoms with Crippen LogP contribution in [0.1, 0.15) is 90.3 Å². The maximum absolute atomic E-state index is 12.8. The second-order valence-corrected chi connectivity index (χ2v) is 9.28. The van der Waals surface area contributed by atoms with Gasteiger partial charge in [0.2, 0.25) is 5.91 Å². The molecule has 0 aromatic carbocycles. The van der Waals surface area contributed by atoms with Gasteiger partial charge in [0.15, 0.2) is 0 Å². The molecule has 1 heterocycles. The first-order chi connectivity index (χ1) is 13.7. The third-order valence-corrected chi connectivity index (χ3v) is 7.09. The summed E-state index contributed by atoms with van der Waals surface area (Å²) in [5.74, 6) is -0.697. The van der Waals surface area contributed by atoms with Crippen molar-refractivity contribution in [2.75, 3.05) is 0 Å². The fraction of sp³-hybridized carbons (Fsp3) is 0.810. The van der Waals surface area contributed by atoms with Gasteiger partial charge in [-0.3, -0.25) is 4.79 Å². The van der Waals surface area contributed by atoms with Crippen LogP contribution in [-0.2, 0) is 15.2 Å². The monoisotopic (exact) mass is 406 g/mol. The van der Waals surface area contributed by atoms with Crippen molar-refractivity contribution in [3.05, 3.63) is 11.9 Å². The molecule has 162 valence electrons. The summed E-state index contributed by atoms with van der Waals surface area (Å²) in [6.45, 7) is 5.76. The fourth-order valence-electron chi connectivity index (χ4n) is 4.47. The minimum absolute atomic E-state index is 0.131. The van der Waals surface area contributed by atoms with Crippen LogP contribution in [0.4, 0.5) is 0 Å². The van der Waals surface area contributed by atoms with E-state index in [-0.39, 0.29) is 17.9 Å². The van der Waals surface area contributed by atoms with E-state index in [0.29, 0.717) is 43.7 Å². The minimum Gasteiger partial charge on any atom is -0.480 e. The molecule has 2 aliphatic carbocycles. The average Bonchev–Trinajstić information content (AvgIpc) is 3.21. The van der Waals surface area contributed by atoms with Crippen molar-refractivity contribution < 1.29 is 19.8 Å². The number of hydrogen-bond acceptors (Lipinski definition) is 5. The molecule has 0 saturated heterocycles. The molecule has 8 heteroatoms. The molecular formula is C21H34N4O4. The summed E-state index contributed by atoms with van der Waals surface area (Å²) in [5, 5.41) is 31.3. The molecule has 2 saturated carbocycles. The topological polar surface area (TPSA) is 117 Å². The number of aromatic nitrogens is 3. The van der Waals surface area contributed by atoms with Gasteiger partial charge in [-0.25, -0.2) is 9.48 Å². The van der Waals surface area contributed by atoms with Crippen LogP contribution in [0.15, 0.2) is 6.20 Å². The number of rotatable bonds is 6. The Morgan fingerprint density at radius 1 is 1.24 bits per heavy atom. The van der Waals surface area contributed by atoms with E-state index in [1.54, 1.807) is 17.8 Å². The van der Waals surface area contributed by atoms with Crippen molar-refractivity contribution in [2.24, 2.45) is 11.8 Å². The van der Waals surface area contributed by atoms with Gasteiger partial charge >= 0.3 is 5.97 Å². The maximum Gasteiger partial charge on any atom is 0.329 e. The first kappa shape index (κ1) is 21.7. The molecule has 8 nitrogen and oxygen atoms in total. The van der Waals surface area contributed by atoms with E-state index in [0.717, 1.165) is 25.7 Å². The SMILES string of the molecule is CCC(C)(O)c1cn(C2CCC(C(=O)NC3(C(=O)O)CCC(C)CC3)CC2)nn1. The number of carbonyl (C=O) groups is 2. The highest BCUT2D eigenvalue weighted by atomic mass is 16.4. The number of nitrogens with one attached hydrogen (secondary N) is 1. The van der Waals surface area contributed by atoms with E-state index in [2.05, 4.69) is 22.6 Å². The van der Waals surface area contributed by atoms with Gasteiger partial charge in [-0.2, -0.15) is 0 Å². The largest absolute Gasteiger partial charge is 0.480 e. The average molecular weight is 407 g/mol. The molecule has 3 rings (SSSR count). The van der Waals surface area contributed by atoms with Crippen molar-refractivity contribution in [1.82, 2.24) is 20.3 Å². The Labute approximate surface area is 172 Å². The van der Waals surface area contributed by atoms with Crippen LogP contribution in [0.25, 0.3) is 0 Å². The van der Waals surface area contributed by atoms with Gasteiger partial charge in [0, 0.05) is 5.92 Å². The number of carboxylic acids is 1. The lowest BCUT2D eigenvalue weighted by molar-refractivity contribution is -0.150. The second kappa shape index (κ2) is 8.42. The van der Waals surface area contributed by atoms with E-state index in [1.807, 2.05) is 6.92 Å². The third-order valence-electron chi connectivity index (χ3n) is 7.09. The van der Waals surface area contributed by atoms with Gasteiger partial charge in [-0.1, -0.05) is 19.1 Å². The van der Waals surface area contributed by atoms with Crippen LogP contribution in [0.5, 0.6) is 0 Å². The molecule has 0 radical (unpaired) electrons. The highest BCUT2D eigenvalue weighted by Crippen LogP contribution is 2.36. The number of hydrogen-bond donors (Lipinski definition) is 3. The van der Waals surface area contributed by atoms with E-state index < -0.39 is 17.1 Å². The van der Waals surface area contributed by atoms with Crippen molar-refractivity contribution in [3.8, 4) is 0 Å². The van der Waals surface area contributed by atoms with Gasteiger partial charge in [0.05, 0.1) is 12.2 Å². The highest BCUT2D eigenvalue weighted by Gasteiger charge is 2.43. The van der Waals surface area contributed by atoms with Crippen LogP contribution < -0.4 is 5.32 Å². The summed E-state index contributed by atoms with van der Waals surface area (Å²) in [6.07, 6.45) is 7.99. The van der Waals surface area contributed by atoms with Gasteiger partial charge in [-0.05, 0) is 70.6 Å². The molecule has 2 fully saturated rings. The number of aliphatic hydroxyl groups is 1. The van der Waals surface area contributed by atoms with Crippen LogP contribution in [0.2, 0.25) is 0 Å². The highest BCUT2D eigenvalue weighted by molar-refractivity contribution is 5.88. The number of nitrogens with zero attached hydrogens (tertiary/aromatic N) is 3. The first-order valence-electron chi connectivity index (χ1n) is 10.9. The summed E-state index contributed by atoms with van der Waals surface area (Å²) in [4.78, 5) is 24.7. The van der Waals surface area contributed by atoms with E-state index in [9.17, 15) is 19.8 Å². The summed E-state index contributed by atoms with van der Waals surface area (Å²) in [7, 11) is 0. The molecule has 0 spiro atoms. The van der Waals surface area contributed by atoms with Crippen molar-refractivity contribution in [3.63, 3.8) is 0 Å². The second-order valence-electron chi connectivity index (χ2n) is 9.28. The normalized spacial score (nSPS) is 32.3. The molecule has 1 amide bonds. The number of carboxylic acid groups (broad SMARTS) is 1. The molecule has 29 heavy (non-hydrogen) atoms. The van der Waals surface area contributed by atoms with E-state index in [1.165, 1.54) is 0 Å². The standard InChI is InChI=1S/C21H34N4O4/c1-4-20(3,29)17-13-25(24-23-17)16-7-5-15(6-8-16)18(26)22-21(19(27)28)11-9-14(2)10-12-21/h13-16,29H,4-12H2,1-3H3,(H,22,26)(H,27,28). The third kappa shape index (κ3) is 4.63. The molecule has 0 bridgehead atoms. The molecule has 3 N–H and O–H groups in total. The number of amides is 1. The lowest BCUT2D eigenvalue weighted by Gasteiger charge is -2.38. The molecule has 2 aliphatic rings. The van der Waals surface area contributed by atoms with Crippen LogP contribution in [0.3, 0.4) is 0 Å². The van der Waals surface area contributed by atoms with Crippen molar-refractivity contribution in [2.45, 2.75) is 95.7 Å². The zero-order valence-electron chi connectivity index (χ0n) is 17.7. The molecule has 1 aromatic heterocycles. The first-order valence-corrected chi connectivity index (χ1v) is 10.9.